The van der Waals surface area contributed by atoms with Crippen LogP contribution in [0.3, 0.4) is 0 Å². The summed E-state index contributed by atoms with van der Waals surface area (Å²) in [6, 6.07) is 0. The first kappa shape index (κ1) is 11.3. The van der Waals surface area contributed by atoms with E-state index in [2.05, 4.69) is 9.97 Å². The Morgan fingerprint density at radius 2 is 2.12 bits per heavy atom. The van der Waals surface area contributed by atoms with Gasteiger partial charge in [-0.05, 0) is 6.42 Å². The SMILES string of the molecule is Nc1nc(C2CCS(=O)(=O)C2)nc2c1CSC2. The van der Waals surface area contributed by atoms with Crippen LogP contribution >= 0.6 is 11.8 Å². The molecule has 1 saturated heterocycles. The number of hydrogen-bond acceptors (Lipinski definition) is 6. The van der Waals surface area contributed by atoms with Gasteiger partial charge in [-0.25, -0.2) is 18.4 Å². The predicted octanol–water partition coefficient (Wildman–Crippen LogP) is 0.708. The third kappa shape index (κ3) is 2.01. The molecule has 1 fully saturated rings. The van der Waals surface area contributed by atoms with Crippen molar-refractivity contribution in [1.82, 2.24) is 9.97 Å². The number of aromatic nitrogens is 2. The quantitative estimate of drug-likeness (QED) is 0.809. The maximum absolute atomic E-state index is 11.4. The summed E-state index contributed by atoms with van der Waals surface area (Å²) in [5.74, 6) is 3.20. The standard InChI is InChI=1S/C10H13N3O2S2/c11-9-7-3-16-4-8(7)12-10(13-9)6-1-2-17(14,15)5-6/h6H,1-5H2,(H2,11,12,13). The number of nitrogens with two attached hydrogens (primary N) is 1. The van der Waals surface area contributed by atoms with Crippen molar-refractivity contribution in [1.29, 1.82) is 0 Å². The van der Waals surface area contributed by atoms with E-state index in [1.807, 2.05) is 0 Å². The van der Waals surface area contributed by atoms with Gasteiger partial charge >= 0.3 is 0 Å². The van der Waals surface area contributed by atoms with E-state index in [1.54, 1.807) is 11.8 Å². The molecule has 0 amide bonds. The summed E-state index contributed by atoms with van der Waals surface area (Å²) in [4.78, 5) is 8.77. The molecule has 3 heterocycles. The van der Waals surface area contributed by atoms with Crippen molar-refractivity contribution in [3.05, 3.63) is 17.1 Å². The van der Waals surface area contributed by atoms with Crippen LogP contribution in [0.15, 0.2) is 0 Å². The second kappa shape index (κ2) is 3.84. The summed E-state index contributed by atoms with van der Waals surface area (Å²) in [5.41, 5.74) is 7.91. The maximum atomic E-state index is 11.4. The monoisotopic (exact) mass is 271 g/mol. The van der Waals surface area contributed by atoms with Crippen molar-refractivity contribution in [2.75, 3.05) is 17.2 Å². The van der Waals surface area contributed by atoms with E-state index in [-0.39, 0.29) is 17.4 Å². The average molecular weight is 271 g/mol. The number of rotatable bonds is 1. The Kier molecular flexibility index (Phi) is 2.55. The van der Waals surface area contributed by atoms with Crippen molar-refractivity contribution in [3.8, 4) is 0 Å². The Labute approximate surface area is 104 Å². The van der Waals surface area contributed by atoms with Gasteiger partial charge in [0.25, 0.3) is 0 Å². The van der Waals surface area contributed by atoms with Crippen LogP contribution in [0.25, 0.3) is 0 Å². The highest BCUT2D eigenvalue weighted by Crippen LogP contribution is 2.34. The fraction of sp³-hybridized carbons (Fsp3) is 0.600. The van der Waals surface area contributed by atoms with Gasteiger partial charge in [0.1, 0.15) is 11.6 Å². The summed E-state index contributed by atoms with van der Waals surface area (Å²) >= 11 is 1.77. The molecule has 5 nitrogen and oxygen atoms in total. The van der Waals surface area contributed by atoms with Gasteiger partial charge < -0.3 is 5.73 Å². The summed E-state index contributed by atoms with van der Waals surface area (Å²) in [5, 5.41) is 0. The lowest BCUT2D eigenvalue weighted by molar-refractivity contribution is 0.601. The van der Waals surface area contributed by atoms with Crippen molar-refractivity contribution < 1.29 is 8.42 Å². The van der Waals surface area contributed by atoms with Crippen LogP contribution in [0.1, 0.15) is 29.4 Å². The van der Waals surface area contributed by atoms with Gasteiger partial charge in [-0.1, -0.05) is 0 Å². The second-order valence-electron chi connectivity index (χ2n) is 4.49. The maximum Gasteiger partial charge on any atom is 0.151 e. The number of sulfone groups is 1. The molecule has 7 heteroatoms. The first-order chi connectivity index (χ1) is 8.05. The van der Waals surface area contributed by atoms with Gasteiger partial charge in [-0.2, -0.15) is 11.8 Å². The minimum absolute atomic E-state index is 0.0711. The second-order valence-corrected chi connectivity index (χ2v) is 7.70. The molecule has 0 saturated carbocycles. The molecule has 1 aromatic heterocycles. The number of anilines is 1. The molecule has 2 N–H and O–H groups in total. The third-order valence-electron chi connectivity index (χ3n) is 3.22. The summed E-state index contributed by atoms with van der Waals surface area (Å²) in [6.45, 7) is 0. The van der Waals surface area contributed by atoms with E-state index < -0.39 is 9.84 Å². The lowest BCUT2D eigenvalue weighted by atomic mass is 10.1. The molecule has 0 aliphatic carbocycles. The van der Waals surface area contributed by atoms with Crippen LogP contribution in [0.2, 0.25) is 0 Å². The van der Waals surface area contributed by atoms with Gasteiger partial charge in [0.2, 0.25) is 0 Å². The lowest BCUT2D eigenvalue weighted by Gasteiger charge is -2.09. The molecule has 3 rings (SSSR count). The average Bonchev–Trinajstić information content (AvgIpc) is 2.84. The van der Waals surface area contributed by atoms with E-state index in [1.165, 1.54) is 0 Å². The zero-order chi connectivity index (χ0) is 12.0. The zero-order valence-corrected chi connectivity index (χ0v) is 10.9. The molecule has 0 bridgehead atoms. The summed E-state index contributed by atoms with van der Waals surface area (Å²) < 4.78 is 22.9. The highest BCUT2D eigenvalue weighted by atomic mass is 32.2. The zero-order valence-electron chi connectivity index (χ0n) is 9.22. The molecule has 0 aromatic carbocycles. The van der Waals surface area contributed by atoms with Gasteiger partial charge in [0.05, 0.1) is 17.2 Å². The van der Waals surface area contributed by atoms with Gasteiger partial charge in [-0.15, -0.1) is 0 Å². The van der Waals surface area contributed by atoms with E-state index in [0.29, 0.717) is 18.1 Å². The Balaban J connectivity index is 1.97. The number of fused-ring (bicyclic) bond motifs is 1. The molecular weight excluding hydrogens is 258 g/mol. The molecule has 92 valence electrons. The molecular formula is C10H13N3O2S2. The highest BCUT2D eigenvalue weighted by Gasteiger charge is 2.32. The molecule has 0 spiro atoms. The Hall–Kier alpha value is -0.820. The topological polar surface area (TPSA) is 85.9 Å². The highest BCUT2D eigenvalue weighted by molar-refractivity contribution is 7.98. The normalized spacial score (nSPS) is 26.0. The molecule has 17 heavy (non-hydrogen) atoms. The number of thioether (sulfide) groups is 1. The number of nitrogen functional groups attached to an aromatic ring is 1. The Morgan fingerprint density at radius 3 is 2.82 bits per heavy atom. The Morgan fingerprint density at radius 1 is 1.29 bits per heavy atom. The lowest BCUT2D eigenvalue weighted by Crippen LogP contribution is -2.11. The van der Waals surface area contributed by atoms with Crippen LogP contribution in [-0.2, 0) is 21.3 Å². The number of nitrogens with zero attached hydrogens (tertiary/aromatic N) is 2. The van der Waals surface area contributed by atoms with E-state index >= 15 is 0 Å². The molecule has 0 radical (unpaired) electrons. The first-order valence-corrected chi connectivity index (χ1v) is 8.46. The molecule has 1 aromatic rings. The summed E-state index contributed by atoms with van der Waals surface area (Å²) in [7, 11) is -2.90. The fourth-order valence-corrected chi connectivity index (χ4v) is 5.07. The first-order valence-electron chi connectivity index (χ1n) is 5.48. The van der Waals surface area contributed by atoms with Gasteiger partial charge in [0, 0.05) is 23.0 Å². The molecule has 1 unspecified atom stereocenters. The predicted molar refractivity (Wildman–Crippen MR) is 67.5 cm³/mol. The van der Waals surface area contributed by atoms with Crippen LogP contribution in [-0.4, -0.2) is 29.9 Å². The minimum Gasteiger partial charge on any atom is -0.383 e. The third-order valence-corrected chi connectivity index (χ3v) is 5.96. The summed E-state index contributed by atoms with van der Waals surface area (Å²) in [6.07, 6.45) is 0.619. The minimum atomic E-state index is -2.90. The molecule has 2 aliphatic rings. The van der Waals surface area contributed by atoms with E-state index in [0.717, 1.165) is 22.8 Å². The Bertz CT molecular complexity index is 571. The van der Waals surface area contributed by atoms with Crippen molar-refractivity contribution in [2.24, 2.45) is 0 Å². The van der Waals surface area contributed by atoms with Gasteiger partial charge in [-0.3, -0.25) is 0 Å². The van der Waals surface area contributed by atoms with E-state index in [9.17, 15) is 8.42 Å². The van der Waals surface area contributed by atoms with Gasteiger partial charge in [0.15, 0.2) is 9.84 Å². The van der Waals surface area contributed by atoms with Crippen LogP contribution in [0.5, 0.6) is 0 Å². The molecule has 1 atom stereocenters. The van der Waals surface area contributed by atoms with Crippen molar-refractivity contribution in [3.63, 3.8) is 0 Å². The number of hydrogen-bond donors (Lipinski definition) is 1. The van der Waals surface area contributed by atoms with Crippen molar-refractivity contribution in [2.45, 2.75) is 23.8 Å². The molecule has 2 aliphatic heterocycles. The largest absolute Gasteiger partial charge is 0.383 e. The van der Waals surface area contributed by atoms with Crippen molar-refractivity contribution >= 4 is 27.4 Å². The van der Waals surface area contributed by atoms with Crippen LogP contribution < -0.4 is 5.73 Å². The smallest absolute Gasteiger partial charge is 0.151 e. The van der Waals surface area contributed by atoms with Crippen LogP contribution in [0.4, 0.5) is 5.82 Å². The fourth-order valence-electron chi connectivity index (χ4n) is 2.28. The van der Waals surface area contributed by atoms with E-state index in [4.69, 9.17) is 5.73 Å². The van der Waals surface area contributed by atoms with Crippen LogP contribution in [0, 0.1) is 0 Å².